The van der Waals surface area contributed by atoms with Gasteiger partial charge in [-0.05, 0) is 0 Å². The van der Waals surface area contributed by atoms with Gasteiger partial charge >= 0.3 is 15.6 Å². The third-order valence-electron chi connectivity index (χ3n) is 2.82. The minimum absolute atomic E-state index is 0.505. The standard InChI is InChI=1S/C7H16O14P2S/c1-24(17,18)21-7-3(9)2(8)5(19-22(11,12)13)4(10)6(7)20-23(14,15)16/h2-10H,1H3,(H2,11,12,13)(H2,14,15,16)/t2-,3+,4+,5-,6-,7-/m1/s1. The smallest absolute Gasteiger partial charge is 0.387 e. The van der Waals surface area contributed by atoms with Crippen molar-refractivity contribution in [2.24, 2.45) is 0 Å². The van der Waals surface area contributed by atoms with Crippen LogP contribution in [0.5, 0.6) is 0 Å². The molecule has 24 heavy (non-hydrogen) atoms. The van der Waals surface area contributed by atoms with E-state index in [1.54, 1.807) is 0 Å². The average Bonchev–Trinajstić information content (AvgIpc) is 2.32. The van der Waals surface area contributed by atoms with Crippen LogP contribution in [-0.2, 0) is 32.5 Å². The van der Waals surface area contributed by atoms with Crippen molar-refractivity contribution in [2.45, 2.75) is 36.6 Å². The number of phosphoric ester groups is 2. The Bertz CT molecular complexity index is 636. The second-order valence-corrected chi connectivity index (χ2v) is 8.84. The highest BCUT2D eigenvalue weighted by Gasteiger charge is 2.55. The van der Waals surface area contributed by atoms with Crippen LogP contribution in [0.1, 0.15) is 0 Å². The van der Waals surface area contributed by atoms with Gasteiger partial charge in [0.25, 0.3) is 10.1 Å². The lowest BCUT2D eigenvalue weighted by Gasteiger charge is -2.44. The molecule has 0 spiro atoms. The van der Waals surface area contributed by atoms with Gasteiger partial charge in [0.2, 0.25) is 0 Å². The predicted molar refractivity (Wildman–Crippen MR) is 71.6 cm³/mol. The van der Waals surface area contributed by atoms with Gasteiger partial charge in [0.05, 0.1) is 6.26 Å². The molecule has 0 aromatic carbocycles. The number of hydrogen-bond acceptors (Lipinski definition) is 10. The molecule has 0 aromatic rings. The Morgan fingerprint density at radius 2 is 1.12 bits per heavy atom. The summed E-state index contributed by atoms with van der Waals surface area (Å²) in [5.41, 5.74) is 0. The molecule has 6 atom stereocenters. The molecule has 0 heterocycles. The van der Waals surface area contributed by atoms with Crippen molar-refractivity contribution in [3.05, 3.63) is 0 Å². The maximum absolute atomic E-state index is 11.2. The summed E-state index contributed by atoms with van der Waals surface area (Å²) in [7, 11) is -15.0. The summed E-state index contributed by atoms with van der Waals surface area (Å²) in [4.78, 5) is 35.1. The van der Waals surface area contributed by atoms with Crippen LogP contribution < -0.4 is 0 Å². The molecule has 17 heteroatoms. The zero-order chi connectivity index (χ0) is 19.1. The van der Waals surface area contributed by atoms with Crippen LogP contribution in [0.2, 0.25) is 0 Å². The van der Waals surface area contributed by atoms with Gasteiger partial charge in [0.1, 0.15) is 36.6 Å². The van der Waals surface area contributed by atoms with Gasteiger partial charge in [-0.1, -0.05) is 0 Å². The summed E-state index contributed by atoms with van der Waals surface area (Å²) in [6.45, 7) is 0. The van der Waals surface area contributed by atoms with Crippen molar-refractivity contribution in [1.29, 1.82) is 0 Å². The van der Waals surface area contributed by atoms with Crippen molar-refractivity contribution in [3.63, 3.8) is 0 Å². The van der Waals surface area contributed by atoms with Crippen molar-refractivity contribution in [3.8, 4) is 0 Å². The summed E-state index contributed by atoms with van der Waals surface area (Å²) in [6.07, 6.45) is -13.2. The molecule has 0 bridgehead atoms. The lowest BCUT2D eigenvalue weighted by atomic mass is 9.85. The zero-order valence-corrected chi connectivity index (χ0v) is 14.4. The molecule has 7 N–H and O–H groups in total. The van der Waals surface area contributed by atoms with Crippen LogP contribution in [0.4, 0.5) is 0 Å². The van der Waals surface area contributed by atoms with Crippen LogP contribution >= 0.6 is 15.6 Å². The van der Waals surface area contributed by atoms with E-state index in [0.29, 0.717) is 6.26 Å². The van der Waals surface area contributed by atoms with Gasteiger partial charge < -0.3 is 34.9 Å². The Labute approximate surface area is 135 Å². The highest BCUT2D eigenvalue weighted by Crippen LogP contribution is 2.46. The molecule has 0 amide bonds. The molecule has 1 saturated carbocycles. The van der Waals surface area contributed by atoms with Gasteiger partial charge in [-0.15, -0.1) is 0 Å². The SMILES string of the molecule is CS(=O)(=O)O[C@@H]1[C@@H](O)[C@@H](O)[C@@H](OP(=O)(O)O)[C@H](O)[C@H]1OP(=O)(O)O. The fraction of sp³-hybridized carbons (Fsp3) is 1.00. The molecule has 1 fully saturated rings. The number of rotatable bonds is 6. The second-order valence-electron chi connectivity index (χ2n) is 4.86. The summed E-state index contributed by atoms with van der Waals surface area (Å²) >= 11 is 0. The summed E-state index contributed by atoms with van der Waals surface area (Å²) in [6, 6.07) is 0. The van der Waals surface area contributed by atoms with Crippen LogP contribution in [0.3, 0.4) is 0 Å². The van der Waals surface area contributed by atoms with Crippen molar-refractivity contribution in [1.82, 2.24) is 0 Å². The normalized spacial score (nSPS) is 35.8. The van der Waals surface area contributed by atoms with Crippen LogP contribution in [0, 0.1) is 0 Å². The van der Waals surface area contributed by atoms with Gasteiger partial charge in [-0.3, -0.25) is 13.2 Å². The topological polar surface area (TPSA) is 238 Å². The Hall–Kier alpha value is 0.01000. The van der Waals surface area contributed by atoms with Gasteiger partial charge in [-0.2, -0.15) is 8.42 Å². The van der Waals surface area contributed by atoms with Gasteiger partial charge in [-0.25, -0.2) is 9.13 Å². The summed E-state index contributed by atoms with van der Waals surface area (Å²) in [5, 5.41) is 29.5. The monoisotopic (exact) mass is 418 g/mol. The minimum atomic E-state index is -5.38. The van der Waals surface area contributed by atoms with Crippen molar-refractivity contribution < 1.29 is 65.7 Å². The first kappa shape index (κ1) is 22.1. The molecular formula is C7H16O14P2S. The van der Waals surface area contributed by atoms with Crippen molar-refractivity contribution in [2.75, 3.05) is 6.26 Å². The van der Waals surface area contributed by atoms with Gasteiger partial charge in [0.15, 0.2) is 0 Å². The minimum Gasteiger partial charge on any atom is -0.387 e. The quantitative estimate of drug-likeness (QED) is 0.163. The van der Waals surface area contributed by atoms with E-state index in [2.05, 4.69) is 13.2 Å². The maximum Gasteiger partial charge on any atom is 0.470 e. The molecule has 14 nitrogen and oxygen atoms in total. The zero-order valence-electron chi connectivity index (χ0n) is 11.8. The molecule has 1 rings (SSSR count). The third kappa shape index (κ3) is 6.38. The first-order valence-electron chi connectivity index (χ1n) is 5.92. The first-order valence-corrected chi connectivity index (χ1v) is 10.8. The van der Waals surface area contributed by atoms with E-state index in [1.165, 1.54) is 0 Å². The molecule has 1 aliphatic rings. The van der Waals surface area contributed by atoms with E-state index in [4.69, 9.17) is 19.6 Å². The molecule has 0 radical (unpaired) electrons. The Balaban J connectivity index is 3.26. The molecular weight excluding hydrogens is 402 g/mol. The van der Waals surface area contributed by atoms with Gasteiger partial charge in [0, 0.05) is 0 Å². The van der Waals surface area contributed by atoms with E-state index in [0.717, 1.165) is 0 Å². The lowest BCUT2D eigenvalue weighted by molar-refractivity contribution is -0.208. The largest absolute Gasteiger partial charge is 0.470 e. The van der Waals surface area contributed by atoms with E-state index in [1.807, 2.05) is 0 Å². The Kier molecular flexibility index (Phi) is 6.73. The number of aliphatic hydroxyl groups excluding tert-OH is 3. The van der Waals surface area contributed by atoms with E-state index in [-0.39, 0.29) is 0 Å². The van der Waals surface area contributed by atoms with Crippen LogP contribution in [0.15, 0.2) is 0 Å². The molecule has 0 aliphatic heterocycles. The van der Waals surface area contributed by atoms with E-state index in [9.17, 15) is 32.9 Å². The van der Waals surface area contributed by atoms with Crippen LogP contribution in [-0.4, -0.2) is 86.2 Å². The molecule has 0 saturated heterocycles. The number of hydrogen-bond donors (Lipinski definition) is 7. The summed E-state index contributed by atoms with van der Waals surface area (Å²) in [5.74, 6) is 0. The number of aliphatic hydroxyl groups is 3. The third-order valence-corrected chi connectivity index (χ3v) is 4.43. The second kappa shape index (κ2) is 7.32. The fourth-order valence-corrected chi connectivity index (χ4v) is 3.80. The average molecular weight is 418 g/mol. The lowest BCUT2D eigenvalue weighted by Crippen LogP contribution is -2.65. The number of phosphoric acid groups is 2. The molecule has 0 aromatic heterocycles. The van der Waals surface area contributed by atoms with E-state index >= 15 is 0 Å². The van der Waals surface area contributed by atoms with Crippen LogP contribution in [0.25, 0.3) is 0 Å². The Morgan fingerprint density at radius 1 is 0.750 bits per heavy atom. The van der Waals surface area contributed by atoms with Crippen molar-refractivity contribution >= 4 is 25.8 Å². The highest BCUT2D eigenvalue weighted by molar-refractivity contribution is 7.86. The highest BCUT2D eigenvalue weighted by atomic mass is 32.2. The predicted octanol–water partition coefficient (Wildman–Crippen LogP) is -3.62. The first-order chi connectivity index (χ1) is 10.5. The fourth-order valence-electron chi connectivity index (χ4n) is 2.04. The molecule has 144 valence electrons. The molecule has 1 aliphatic carbocycles. The molecule has 0 unspecified atom stereocenters. The summed E-state index contributed by atoms with van der Waals surface area (Å²) < 4.78 is 56.7. The van der Waals surface area contributed by atoms with E-state index < -0.39 is 62.4 Å². The Morgan fingerprint density at radius 3 is 1.50 bits per heavy atom. The maximum atomic E-state index is 11.2.